The van der Waals surface area contributed by atoms with Crippen LogP contribution in [-0.4, -0.2) is 46.2 Å². The molecule has 1 aromatic rings. The lowest BCUT2D eigenvalue weighted by atomic mass is 10.1. The molecule has 1 heterocycles. The molecule has 29 heavy (non-hydrogen) atoms. The first-order valence-corrected chi connectivity index (χ1v) is 10.1. The minimum Gasteiger partial charge on any atom is -0.458 e. The van der Waals surface area contributed by atoms with Crippen molar-refractivity contribution in [2.45, 2.75) is 71.9 Å². The van der Waals surface area contributed by atoms with Crippen LogP contribution in [0.2, 0.25) is 0 Å². The number of esters is 1. The number of aliphatic hydroxyl groups excluding tert-OH is 1. The van der Waals surface area contributed by atoms with Gasteiger partial charge in [0.2, 0.25) is 0 Å². The van der Waals surface area contributed by atoms with E-state index in [0.717, 1.165) is 12.8 Å². The number of nitrogens with one attached hydrogen (secondary N) is 1. The fourth-order valence-corrected chi connectivity index (χ4v) is 2.70. The predicted molar refractivity (Wildman–Crippen MR) is 114 cm³/mol. The Morgan fingerprint density at radius 3 is 2.76 bits per heavy atom. The summed E-state index contributed by atoms with van der Waals surface area (Å²) in [6.07, 6.45) is 9.44. The molecule has 160 valence electrons. The smallest absolute Gasteiger partial charge is 0.349 e. The molecule has 2 N–H and O–H groups in total. The maximum Gasteiger partial charge on any atom is 0.349 e. The average molecular weight is 405 g/mol. The summed E-state index contributed by atoms with van der Waals surface area (Å²) in [4.78, 5) is 31.7. The van der Waals surface area contributed by atoms with E-state index in [0.29, 0.717) is 17.9 Å². The Bertz CT molecular complexity index is 777. The van der Waals surface area contributed by atoms with E-state index in [-0.39, 0.29) is 6.54 Å². The van der Waals surface area contributed by atoms with Crippen LogP contribution < -0.4 is 11.0 Å². The van der Waals surface area contributed by atoms with Crippen molar-refractivity contribution in [3.63, 3.8) is 0 Å². The standard InChI is InChI=1S/C21H32N4O4/c1-4-6-7-8-9-10-12-22-16-23-20-18(11-5-2)13-25(21(28)24-20)14-19(15-26)29-17(3)27/h13,16,19,26H,4,6-10,12,14-15H2,1-3H3,(H,22,23,24,28)/t19-/m0/s1. The number of ether oxygens (including phenoxy) is 1. The number of hydrogen-bond donors (Lipinski definition) is 2. The molecular weight excluding hydrogens is 372 g/mol. The van der Waals surface area contributed by atoms with Crippen LogP contribution in [-0.2, 0) is 16.1 Å². The van der Waals surface area contributed by atoms with Crippen LogP contribution in [0.4, 0.5) is 5.82 Å². The van der Waals surface area contributed by atoms with E-state index >= 15 is 0 Å². The summed E-state index contributed by atoms with van der Waals surface area (Å²) in [7, 11) is 0. The van der Waals surface area contributed by atoms with Gasteiger partial charge in [0.15, 0.2) is 5.82 Å². The van der Waals surface area contributed by atoms with E-state index in [1.165, 1.54) is 49.7 Å². The lowest BCUT2D eigenvalue weighted by Crippen LogP contribution is -2.33. The highest BCUT2D eigenvalue weighted by molar-refractivity contribution is 5.76. The Labute approximate surface area is 172 Å². The fourth-order valence-electron chi connectivity index (χ4n) is 2.70. The number of rotatable bonds is 13. The zero-order valence-electron chi connectivity index (χ0n) is 17.6. The number of anilines is 1. The number of carbonyl (C=O) groups is 1. The monoisotopic (exact) mass is 404 g/mol. The molecule has 0 spiro atoms. The van der Waals surface area contributed by atoms with Gasteiger partial charge in [0.05, 0.1) is 25.1 Å². The van der Waals surface area contributed by atoms with E-state index < -0.39 is 24.4 Å². The highest BCUT2D eigenvalue weighted by Crippen LogP contribution is 2.09. The van der Waals surface area contributed by atoms with Crippen LogP contribution in [0.15, 0.2) is 16.0 Å². The van der Waals surface area contributed by atoms with Crippen molar-refractivity contribution in [1.82, 2.24) is 9.55 Å². The highest BCUT2D eigenvalue weighted by Gasteiger charge is 2.14. The molecule has 0 unspecified atom stereocenters. The molecule has 0 amide bonds. The average Bonchev–Trinajstić information content (AvgIpc) is 2.68. The van der Waals surface area contributed by atoms with Crippen LogP contribution >= 0.6 is 0 Å². The van der Waals surface area contributed by atoms with Crippen LogP contribution in [0, 0.1) is 11.8 Å². The molecule has 8 nitrogen and oxygen atoms in total. The topological polar surface area (TPSA) is 106 Å². The van der Waals surface area contributed by atoms with E-state index in [1.807, 2.05) is 0 Å². The van der Waals surface area contributed by atoms with Gasteiger partial charge in [-0.15, -0.1) is 5.92 Å². The summed E-state index contributed by atoms with van der Waals surface area (Å²) >= 11 is 0. The molecule has 1 aromatic heterocycles. The SMILES string of the molecule is CC#Cc1cn(C[C@@H](CO)OC(C)=O)c(=O)nc1NC=NCCCCCCCC. The van der Waals surface area contributed by atoms with E-state index in [2.05, 4.69) is 34.1 Å². The minimum absolute atomic E-state index is 0.00723. The zero-order chi connectivity index (χ0) is 21.5. The number of carbonyl (C=O) groups excluding carboxylic acids is 1. The van der Waals surface area contributed by atoms with Crippen LogP contribution in [0.5, 0.6) is 0 Å². The third-order valence-corrected chi connectivity index (χ3v) is 4.12. The van der Waals surface area contributed by atoms with Gasteiger partial charge in [0.25, 0.3) is 0 Å². The van der Waals surface area contributed by atoms with Gasteiger partial charge in [-0.1, -0.05) is 44.9 Å². The second-order valence-corrected chi connectivity index (χ2v) is 6.67. The highest BCUT2D eigenvalue weighted by atomic mass is 16.5. The molecule has 0 aromatic carbocycles. The summed E-state index contributed by atoms with van der Waals surface area (Å²) in [6.45, 7) is 5.44. The number of unbranched alkanes of at least 4 members (excludes halogenated alkanes) is 5. The molecule has 0 aliphatic rings. The lowest BCUT2D eigenvalue weighted by Gasteiger charge is -2.16. The first-order chi connectivity index (χ1) is 14.0. The maximum atomic E-state index is 12.3. The minimum atomic E-state index is -0.827. The van der Waals surface area contributed by atoms with E-state index in [4.69, 9.17) is 4.74 Å². The van der Waals surface area contributed by atoms with Crippen molar-refractivity contribution in [3.05, 3.63) is 22.2 Å². The predicted octanol–water partition coefficient (Wildman–Crippen LogP) is 2.34. The second-order valence-electron chi connectivity index (χ2n) is 6.67. The summed E-state index contributed by atoms with van der Waals surface area (Å²) in [5, 5.41) is 12.3. The Hall–Kier alpha value is -2.66. The number of aromatic nitrogens is 2. The normalized spacial score (nSPS) is 11.7. The van der Waals surface area contributed by atoms with Gasteiger partial charge in [0.1, 0.15) is 6.10 Å². The Kier molecular flexibility index (Phi) is 12.1. The fraction of sp³-hybridized carbons (Fsp3) is 0.619. The Balaban J connectivity index is 2.72. The van der Waals surface area contributed by atoms with Crippen molar-refractivity contribution >= 4 is 18.1 Å². The van der Waals surface area contributed by atoms with Crippen LogP contribution in [0.3, 0.4) is 0 Å². The molecule has 0 aliphatic carbocycles. The maximum absolute atomic E-state index is 12.3. The largest absolute Gasteiger partial charge is 0.458 e. The molecule has 0 saturated heterocycles. The Morgan fingerprint density at radius 2 is 2.10 bits per heavy atom. The van der Waals surface area contributed by atoms with Gasteiger partial charge in [-0.3, -0.25) is 14.4 Å². The molecule has 1 atom stereocenters. The van der Waals surface area contributed by atoms with Crippen LogP contribution in [0.1, 0.15) is 64.9 Å². The van der Waals surface area contributed by atoms with Gasteiger partial charge in [-0.05, 0) is 13.3 Å². The molecule has 1 rings (SSSR count). The molecule has 0 bridgehead atoms. The molecule has 0 fully saturated rings. The molecule has 0 aliphatic heterocycles. The quantitative estimate of drug-likeness (QED) is 0.172. The van der Waals surface area contributed by atoms with Gasteiger partial charge >= 0.3 is 11.7 Å². The van der Waals surface area contributed by atoms with Gasteiger partial charge in [-0.2, -0.15) is 4.98 Å². The van der Waals surface area contributed by atoms with Gasteiger partial charge in [-0.25, -0.2) is 4.79 Å². The van der Waals surface area contributed by atoms with Crippen molar-refractivity contribution in [1.29, 1.82) is 0 Å². The van der Waals surface area contributed by atoms with Gasteiger partial charge < -0.3 is 15.2 Å². The molecular formula is C21H32N4O4. The third kappa shape index (κ3) is 9.90. The van der Waals surface area contributed by atoms with Crippen molar-refractivity contribution in [2.75, 3.05) is 18.5 Å². The molecule has 8 heteroatoms. The number of aliphatic hydroxyl groups is 1. The second kappa shape index (κ2) is 14.4. The summed E-state index contributed by atoms with van der Waals surface area (Å²) in [5.41, 5.74) is -0.0262. The van der Waals surface area contributed by atoms with Crippen molar-refractivity contribution < 1.29 is 14.6 Å². The van der Waals surface area contributed by atoms with Gasteiger partial charge in [0, 0.05) is 19.7 Å². The summed E-state index contributed by atoms with van der Waals surface area (Å²) in [5.74, 6) is 5.46. The zero-order valence-corrected chi connectivity index (χ0v) is 17.6. The molecule has 0 radical (unpaired) electrons. The third-order valence-electron chi connectivity index (χ3n) is 4.12. The molecule has 0 saturated carbocycles. The first-order valence-electron chi connectivity index (χ1n) is 10.1. The Morgan fingerprint density at radius 1 is 1.38 bits per heavy atom. The van der Waals surface area contributed by atoms with E-state index in [9.17, 15) is 14.7 Å². The summed E-state index contributed by atoms with van der Waals surface area (Å²) < 4.78 is 6.24. The van der Waals surface area contributed by atoms with Crippen molar-refractivity contribution in [3.8, 4) is 11.8 Å². The number of hydrogen-bond acceptors (Lipinski definition) is 6. The van der Waals surface area contributed by atoms with Crippen LogP contribution in [0.25, 0.3) is 0 Å². The summed E-state index contributed by atoms with van der Waals surface area (Å²) in [6, 6.07) is 0. The number of nitrogens with zero attached hydrogens (tertiary/aromatic N) is 3. The lowest BCUT2D eigenvalue weighted by molar-refractivity contribution is -0.149. The number of aliphatic imine (C=N–C) groups is 1. The first kappa shape index (κ1) is 24.4. The van der Waals surface area contributed by atoms with E-state index in [1.54, 1.807) is 6.92 Å². The van der Waals surface area contributed by atoms with Crippen molar-refractivity contribution in [2.24, 2.45) is 4.99 Å².